The van der Waals surface area contributed by atoms with Gasteiger partial charge in [-0.1, -0.05) is 12.1 Å². The molecule has 1 amide bonds. The Bertz CT molecular complexity index is 1550. The molecule has 38 heavy (non-hydrogen) atoms. The fraction of sp³-hybridized carbons (Fsp3) is 0.296. The number of sulfonamides is 2. The summed E-state index contributed by atoms with van der Waals surface area (Å²) in [5.41, 5.74) is 2.52. The molecule has 0 bridgehead atoms. The summed E-state index contributed by atoms with van der Waals surface area (Å²) in [6, 6.07) is 15.0. The van der Waals surface area contributed by atoms with Crippen LogP contribution in [-0.4, -0.2) is 47.8 Å². The second kappa shape index (κ2) is 11.0. The number of likely N-dealkylation sites (tertiary alicyclic amines) is 1. The minimum atomic E-state index is -4.07. The Labute approximate surface area is 223 Å². The summed E-state index contributed by atoms with van der Waals surface area (Å²) < 4.78 is 62.4. The van der Waals surface area contributed by atoms with Crippen molar-refractivity contribution in [1.29, 1.82) is 0 Å². The third-order valence-electron chi connectivity index (χ3n) is 6.41. The van der Waals surface area contributed by atoms with E-state index in [-0.39, 0.29) is 26.9 Å². The zero-order chi connectivity index (χ0) is 27.5. The highest BCUT2D eigenvalue weighted by molar-refractivity contribution is 7.93. The van der Waals surface area contributed by atoms with E-state index in [1.165, 1.54) is 49.6 Å². The molecule has 9 nitrogen and oxygen atoms in total. The largest absolute Gasteiger partial charge is 0.496 e. The maximum absolute atomic E-state index is 13.1. The number of benzene rings is 3. The van der Waals surface area contributed by atoms with E-state index in [0.29, 0.717) is 24.5 Å². The molecule has 0 spiro atoms. The Morgan fingerprint density at radius 3 is 2.08 bits per heavy atom. The van der Waals surface area contributed by atoms with Crippen molar-refractivity contribution in [2.75, 3.05) is 29.6 Å². The third kappa shape index (κ3) is 6.11. The summed E-state index contributed by atoms with van der Waals surface area (Å²) in [6.45, 7) is 4.91. The number of ether oxygens (including phenoxy) is 1. The van der Waals surface area contributed by atoms with Crippen molar-refractivity contribution in [2.24, 2.45) is 0 Å². The molecule has 4 rings (SSSR count). The first-order chi connectivity index (χ1) is 18.0. The van der Waals surface area contributed by atoms with Gasteiger partial charge < -0.3 is 9.64 Å². The van der Waals surface area contributed by atoms with Gasteiger partial charge in [0, 0.05) is 18.8 Å². The number of methoxy groups -OCH3 is 1. The fourth-order valence-electron chi connectivity index (χ4n) is 4.25. The zero-order valence-electron chi connectivity index (χ0n) is 21.5. The van der Waals surface area contributed by atoms with Crippen LogP contribution in [0.4, 0.5) is 11.4 Å². The molecule has 202 valence electrons. The molecular formula is C27H31N3O6S2. The van der Waals surface area contributed by atoms with Gasteiger partial charge in [-0.3, -0.25) is 14.2 Å². The summed E-state index contributed by atoms with van der Waals surface area (Å²) in [7, 11) is -6.53. The Kier molecular flexibility index (Phi) is 7.98. The summed E-state index contributed by atoms with van der Waals surface area (Å²) in [5.74, 6) is 0.0231. The molecule has 0 saturated carbocycles. The monoisotopic (exact) mass is 557 g/mol. The topological polar surface area (TPSA) is 122 Å². The van der Waals surface area contributed by atoms with E-state index in [1.54, 1.807) is 17.9 Å². The van der Waals surface area contributed by atoms with Gasteiger partial charge >= 0.3 is 0 Å². The smallest absolute Gasteiger partial charge is 0.261 e. The lowest BCUT2D eigenvalue weighted by molar-refractivity contribution is 0.0720. The van der Waals surface area contributed by atoms with Crippen LogP contribution in [0.5, 0.6) is 5.75 Å². The number of hydrogen-bond acceptors (Lipinski definition) is 6. The van der Waals surface area contributed by atoms with Gasteiger partial charge in [0.2, 0.25) is 0 Å². The van der Waals surface area contributed by atoms with Crippen LogP contribution < -0.4 is 14.2 Å². The minimum absolute atomic E-state index is 0.0137. The van der Waals surface area contributed by atoms with Crippen LogP contribution in [0.25, 0.3) is 0 Å². The molecule has 1 fully saturated rings. The van der Waals surface area contributed by atoms with Gasteiger partial charge in [-0.25, -0.2) is 16.8 Å². The van der Waals surface area contributed by atoms with Crippen molar-refractivity contribution in [3.8, 4) is 5.75 Å². The Morgan fingerprint density at radius 1 is 0.789 bits per heavy atom. The maximum atomic E-state index is 13.1. The van der Waals surface area contributed by atoms with Crippen molar-refractivity contribution >= 4 is 37.3 Å². The number of carbonyl (C=O) groups is 1. The molecule has 11 heteroatoms. The molecule has 0 aliphatic carbocycles. The van der Waals surface area contributed by atoms with Crippen LogP contribution in [-0.2, 0) is 20.0 Å². The van der Waals surface area contributed by atoms with Crippen molar-refractivity contribution in [3.05, 3.63) is 77.4 Å². The summed E-state index contributed by atoms with van der Waals surface area (Å²) in [4.78, 5) is 14.7. The normalized spacial score (nSPS) is 14.1. The van der Waals surface area contributed by atoms with Gasteiger partial charge in [0.25, 0.3) is 26.0 Å². The van der Waals surface area contributed by atoms with Crippen LogP contribution in [0.3, 0.4) is 0 Å². The standard InChI is InChI=1S/C27H31N3O6S2/c1-19-7-8-20(2)25(17-19)29-37(32,33)22-11-9-21(10-12-22)28-38(34,35)23-13-14-26(36-3)24(18-23)27(31)30-15-5-4-6-16-30/h7-14,17-18,28-29H,4-6,15-16H2,1-3H3. The molecule has 1 aliphatic rings. The number of amides is 1. The molecule has 3 aromatic rings. The minimum Gasteiger partial charge on any atom is -0.496 e. The molecule has 1 heterocycles. The van der Waals surface area contributed by atoms with E-state index in [9.17, 15) is 21.6 Å². The van der Waals surface area contributed by atoms with Crippen LogP contribution in [0, 0.1) is 13.8 Å². The quantitative estimate of drug-likeness (QED) is 0.419. The van der Waals surface area contributed by atoms with Gasteiger partial charge in [-0.05, 0) is 92.8 Å². The number of rotatable bonds is 8. The van der Waals surface area contributed by atoms with E-state index < -0.39 is 20.0 Å². The van der Waals surface area contributed by atoms with E-state index in [1.807, 2.05) is 19.1 Å². The first kappa shape index (κ1) is 27.5. The average molecular weight is 558 g/mol. The number of aryl methyl sites for hydroxylation is 2. The van der Waals surface area contributed by atoms with Crippen molar-refractivity contribution in [2.45, 2.75) is 42.9 Å². The van der Waals surface area contributed by atoms with Crippen molar-refractivity contribution in [1.82, 2.24) is 4.90 Å². The lowest BCUT2D eigenvalue weighted by atomic mass is 10.1. The highest BCUT2D eigenvalue weighted by Crippen LogP contribution is 2.27. The second-order valence-electron chi connectivity index (χ2n) is 9.27. The predicted octanol–water partition coefficient (Wildman–Crippen LogP) is 4.54. The Balaban J connectivity index is 1.54. The Morgan fingerprint density at radius 2 is 1.42 bits per heavy atom. The number of nitrogens with one attached hydrogen (secondary N) is 2. The maximum Gasteiger partial charge on any atom is 0.261 e. The molecule has 1 aliphatic heterocycles. The van der Waals surface area contributed by atoms with Crippen LogP contribution >= 0.6 is 0 Å². The molecule has 0 aromatic heterocycles. The first-order valence-corrected chi connectivity index (χ1v) is 15.2. The van der Waals surface area contributed by atoms with E-state index in [0.717, 1.165) is 30.4 Å². The number of nitrogens with zero attached hydrogens (tertiary/aromatic N) is 1. The average Bonchev–Trinajstić information content (AvgIpc) is 2.90. The fourth-order valence-corrected chi connectivity index (χ4v) is 6.46. The molecule has 0 unspecified atom stereocenters. The Hall–Kier alpha value is -3.57. The number of piperidine rings is 1. The SMILES string of the molecule is COc1ccc(S(=O)(=O)Nc2ccc(S(=O)(=O)Nc3cc(C)ccc3C)cc2)cc1C(=O)N1CCCCC1. The first-order valence-electron chi connectivity index (χ1n) is 12.2. The predicted molar refractivity (Wildman–Crippen MR) is 147 cm³/mol. The lowest BCUT2D eigenvalue weighted by Gasteiger charge is -2.27. The van der Waals surface area contributed by atoms with Gasteiger partial charge in [0.15, 0.2) is 0 Å². The molecule has 0 atom stereocenters. The van der Waals surface area contributed by atoms with Gasteiger partial charge in [0.1, 0.15) is 5.75 Å². The third-order valence-corrected chi connectivity index (χ3v) is 9.17. The van der Waals surface area contributed by atoms with Crippen molar-refractivity contribution < 1.29 is 26.4 Å². The number of carbonyl (C=O) groups excluding carboxylic acids is 1. The highest BCUT2D eigenvalue weighted by atomic mass is 32.2. The zero-order valence-corrected chi connectivity index (χ0v) is 23.2. The highest BCUT2D eigenvalue weighted by Gasteiger charge is 2.25. The summed E-state index contributed by atoms with van der Waals surface area (Å²) in [5, 5.41) is 0. The van der Waals surface area contributed by atoms with E-state index in [4.69, 9.17) is 4.74 Å². The van der Waals surface area contributed by atoms with Crippen molar-refractivity contribution in [3.63, 3.8) is 0 Å². The lowest BCUT2D eigenvalue weighted by Crippen LogP contribution is -2.35. The van der Waals surface area contributed by atoms with E-state index >= 15 is 0 Å². The number of anilines is 2. The van der Waals surface area contributed by atoms with Gasteiger partial charge in [-0.2, -0.15) is 0 Å². The van der Waals surface area contributed by atoms with Crippen LogP contribution in [0.2, 0.25) is 0 Å². The van der Waals surface area contributed by atoms with E-state index in [2.05, 4.69) is 9.44 Å². The number of hydrogen-bond donors (Lipinski definition) is 2. The molecule has 0 radical (unpaired) electrons. The summed E-state index contributed by atoms with van der Waals surface area (Å²) in [6.07, 6.45) is 2.86. The van der Waals surface area contributed by atoms with Crippen LogP contribution in [0.1, 0.15) is 40.7 Å². The molecule has 1 saturated heterocycles. The molecule has 3 aromatic carbocycles. The van der Waals surface area contributed by atoms with Gasteiger partial charge in [0.05, 0.1) is 28.2 Å². The van der Waals surface area contributed by atoms with Gasteiger partial charge in [-0.15, -0.1) is 0 Å². The molecule has 2 N–H and O–H groups in total. The summed E-state index contributed by atoms with van der Waals surface area (Å²) >= 11 is 0. The second-order valence-corrected chi connectivity index (χ2v) is 12.6. The molecular weight excluding hydrogens is 526 g/mol. The van der Waals surface area contributed by atoms with Crippen LogP contribution in [0.15, 0.2) is 70.5 Å².